The smallest absolute Gasteiger partial charge is 0.238 e. The van der Waals surface area contributed by atoms with Crippen molar-refractivity contribution in [3.63, 3.8) is 0 Å². The zero-order valence-corrected chi connectivity index (χ0v) is 14.7. The van der Waals surface area contributed by atoms with E-state index in [0.717, 1.165) is 15.8 Å². The van der Waals surface area contributed by atoms with Crippen molar-refractivity contribution in [3.05, 3.63) is 70.5 Å². The predicted molar refractivity (Wildman–Crippen MR) is 102 cm³/mol. The van der Waals surface area contributed by atoms with Gasteiger partial charge in [0.2, 0.25) is 6.19 Å². The predicted octanol–water partition coefficient (Wildman–Crippen LogP) is 3.15. The van der Waals surface area contributed by atoms with Crippen LogP contribution in [0.3, 0.4) is 0 Å². The maximum atomic E-state index is 13.1. The van der Waals surface area contributed by atoms with E-state index in [2.05, 4.69) is 15.1 Å². The summed E-state index contributed by atoms with van der Waals surface area (Å²) in [6, 6.07) is 17.4. The van der Waals surface area contributed by atoms with Crippen molar-refractivity contribution in [1.29, 1.82) is 5.26 Å². The molecule has 2 N–H and O–H groups in total. The number of aliphatic imine (C=N–C) groups is 1. The van der Waals surface area contributed by atoms with Crippen LogP contribution >= 0.6 is 11.3 Å². The van der Waals surface area contributed by atoms with Gasteiger partial charge in [-0.2, -0.15) is 10.3 Å². The first-order valence-electron chi connectivity index (χ1n) is 7.94. The van der Waals surface area contributed by atoms with E-state index in [1.54, 1.807) is 13.1 Å². The summed E-state index contributed by atoms with van der Waals surface area (Å²) in [5.41, 5.74) is 2.98. The average Bonchev–Trinajstić information content (AvgIpc) is 3.23. The summed E-state index contributed by atoms with van der Waals surface area (Å²) in [6.45, 7) is 1.67. The van der Waals surface area contributed by atoms with Crippen molar-refractivity contribution in [2.45, 2.75) is 6.92 Å². The van der Waals surface area contributed by atoms with Gasteiger partial charge >= 0.3 is 10.7 Å². The monoisotopic (exact) mass is 360 g/mol. The lowest BCUT2D eigenvalue weighted by Gasteiger charge is -1.99. The number of hydrogen-bond donors (Lipinski definition) is 1. The fourth-order valence-electron chi connectivity index (χ4n) is 2.87. The molecule has 2 heterocycles. The SMILES string of the molecule is CC(=NC#N)c1c(-c2ccccc2)[nH]n(-c2[nH+]c3ccccc3s2)c1=O. The van der Waals surface area contributed by atoms with Crippen molar-refractivity contribution >= 4 is 27.3 Å². The molecule has 0 aliphatic carbocycles. The van der Waals surface area contributed by atoms with E-state index in [4.69, 9.17) is 5.26 Å². The maximum Gasteiger partial charge on any atom is 0.369 e. The number of para-hydroxylation sites is 1. The van der Waals surface area contributed by atoms with Gasteiger partial charge in [-0.05, 0) is 30.4 Å². The quantitative estimate of drug-likeness (QED) is 0.449. The van der Waals surface area contributed by atoms with Gasteiger partial charge in [0.15, 0.2) is 0 Å². The maximum absolute atomic E-state index is 13.1. The number of H-pyrrole nitrogens is 2. The number of fused-ring (bicyclic) bond motifs is 1. The van der Waals surface area contributed by atoms with Crippen LogP contribution in [0.2, 0.25) is 0 Å². The van der Waals surface area contributed by atoms with Crippen LogP contribution < -0.4 is 10.5 Å². The molecule has 26 heavy (non-hydrogen) atoms. The second kappa shape index (κ2) is 6.43. The average molecular weight is 360 g/mol. The Labute approximate surface area is 152 Å². The molecule has 2 aromatic carbocycles. The third-order valence-corrected chi connectivity index (χ3v) is 5.12. The number of rotatable bonds is 3. The number of aromatic nitrogens is 3. The number of aromatic amines is 2. The third kappa shape index (κ3) is 2.62. The Morgan fingerprint density at radius 3 is 2.65 bits per heavy atom. The van der Waals surface area contributed by atoms with Crippen molar-refractivity contribution in [3.8, 4) is 22.6 Å². The Kier molecular flexibility index (Phi) is 3.95. The van der Waals surface area contributed by atoms with Crippen LogP contribution in [0.25, 0.3) is 26.6 Å². The van der Waals surface area contributed by atoms with E-state index < -0.39 is 0 Å². The summed E-state index contributed by atoms with van der Waals surface area (Å²) in [4.78, 5) is 20.1. The Morgan fingerprint density at radius 2 is 1.92 bits per heavy atom. The summed E-state index contributed by atoms with van der Waals surface area (Å²) in [6.07, 6.45) is 1.76. The molecule has 4 aromatic rings. The molecule has 7 heteroatoms. The molecule has 0 bridgehead atoms. The molecule has 0 saturated heterocycles. The van der Waals surface area contributed by atoms with Crippen molar-refractivity contribution < 1.29 is 4.98 Å². The van der Waals surface area contributed by atoms with Crippen molar-refractivity contribution in [1.82, 2.24) is 9.78 Å². The molecule has 0 radical (unpaired) electrons. The number of nitrogens with one attached hydrogen (secondary N) is 2. The molecule has 4 rings (SSSR count). The van der Waals surface area contributed by atoms with Gasteiger partial charge in [-0.3, -0.25) is 0 Å². The first kappa shape index (κ1) is 16.0. The lowest BCUT2D eigenvalue weighted by atomic mass is 10.1. The number of hydrogen-bond acceptors (Lipinski definition) is 4. The van der Waals surface area contributed by atoms with Gasteiger partial charge in [0.1, 0.15) is 11.1 Å². The zero-order chi connectivity index (χ0) is 18.1. The standard InChI is InChI=1S/C19H13N5OS/c1-12(21-11-20)16-17(13-7-3-2-4-8-13)23-24(18(16)25)19-22-14-9-5-6-10-15(14)26-19/h2-10,23H,1H3/p+1. The molecule has 0 saturated carbocycles. The molecule has 0 unspecified atom stereocenters. The minimum atomic E-state index is -0.247. The van der Waals surface area contributed by atoms with E-state index in [-0.39, 0.29) is 5.56 Å². The molecule has 0 atom stereocenters. The second-order valence-electron chi connectivity index (χ2n) is 5.69. The lowest BCUT2D eigenvalue weighted by molar-refractivity contribution is -0.334. The minimum Gasteiger partial charge on any atom is -0.238 e. The van der Waals surface area contributed by atoms with E-state index >= 15 is 0 Å². The number of nitrogens with zero attached hydrogens (tertiary/aromatic N) is 3. The minimum absolute atomic E-state index is 0.247. The van der Waals surface area contributed by atoms with E-state index in [1.165, 1.54) is 16.0 Å². The summed E-state index contributed by atoms with van der Waals surface area (Å²) in [5, 5.41) is 12.8. The largest absolute Gasteiger partial charge is 0.369 e. The first-order chi connectivity index (χ1) is 12.7. The van der Waals surface area contributed by atoms with Crippen LogP contribution in [0.4, 0.5) is 0 Å². The Morgan fingerprint density at radius 1 is 1.19 bits per heavy atom. The Balaban J connectivity index is 1.98. The van der Waals surface area contributed by atoms with Gasteiger partial charge < -0.3 is 0 Å². The molecule has 2 aromatic heterocycles. The Hall–Kier alpha value is -3.50. The fourth-order valence-corrected chi connectivity index (χ4v) is 3.83. The molecular formula is C19H14N5OS+. The van der Waals surface area contributed by atoms with Gasteiger partial charge in [-0.15, -0.1) is 0 Å². The third-order valence-electron chi connectivity index (χ3n) is 4.07. The molecule has 6 nitrogen and oxygen atoms in total. The highest BCUT2D eigenvalue weighted by Gasteiger charge is 2.26. The number of thiazole rings is 1. The van der Waals surface area contributed by atoms with Crippen LogP contribution in [-0.4, -0.2) is 15.5 Å². The van der Waals surface area contributed by atoms with E-state index in [9.17, 15) is 4.79 Å². The van der Waals surface area contributed by atoms with Crippen molar-refractivity contribution in [2.24, 2.45) is 4.99 Å². The normalized spacial score (nSPS) is 11.6. The highest BCUT2D eigenvalue weighted by molar-refractivity contribution is 7.20. The molecule has 0 aliphatic heterocycles. The van der Waals surface area contributed by atoms with Crippen LogP contribution in [0, 0.1) is 11.5 Å². The zero-order valence-electron chi connectivity index (χ0n) is 13.9. The van der Waals surface area contributed by atoms with Crippen molar-refractivity contribution in [2.75, 3.05) is 0 Å². The van der Waals surface area contributed by atoms with Gasteiger partial charge in [0.05, 0.1) is 16.1 Å². The van der Waals surface area contributed by atoms with Gasteiger partial charge in [0.25, 0.3) is 0 Å². The summed E-state index contributed by atoms with van der Waals surface area (Å²) >= 11 is 1.48. The summed E-state index contributed by atoms with van der Waals surface area (Å²) in [7, 11) is 0. The molecule has 0 fully saturated rings. The summed E-state index contributed by atoms with van der Waals surface area (Å²) in [5.74, 6) is 0. The molecule has 126 valence electrons. The molecular weight excluding hydrogens is 346 g/mol. The van der Waals surface area contributed by atoms with Crippen LogP contribution in [-0.2, 0) is 0 Å². The fraction of sp³-hybridized carbons (Fsp3) is 0.0526. The van der Waals surface area contributed by atoms with Gasteiger partial charge in [0, 0.05) is 5.56 Å². The summed E-state index contributed by atoms with van der Waals surface area (Å²) < 4.78 is 2.52. The van der Waals surface area contributed by atoms with E-state index in [0.29, 0.717) is 22.1 Å². The van der Waals surface area contributed by atoms with Gasteiger partial charge in [-0.1, -0.05) is 47.1 Å². The molecule has 0 aliphatic rings. The molecule has 0 spiro atoms. The van der Waals surface area contributed by atoms with Crippen LogP contribution in [0.1, 0.15) is 12.5 Å². The van der Waals surface area contributed by atoms with E-state index in [1.807, 2.05) is 54.6 Å². The number of nitriles is 1. The Bertz CT molecular complexity index is 1190. The van der Waals surface area contributed by atoms with Crippen LogP contribution in [0.5, 0.6) is 0 Å². The van der Waals surface area contributed by atoms with Gasteiger partial charge in [-0.25, -0.2) is 14.9 Å². The number of benzene rings is 2. The highest BCUT2D eigenvalue weighted by atomic mass is 32.1. The highest BCUT2D eigenvalue weighted by Crippen LogP contribution is 2.24. The first-order valence-corrected chi connectivity index (χ1v) is 8.76. The second-order valence-corrected chi connectivity index (χ2v) is 6.72. The topological polar surface area (TPSA) is 88.1 Å². The molecule has 0 amide bonds. The van der Waals surface area contributed by atoms with Crippen LogP contribution in [0.15, 0.2) is 64.4 Å². The lowest BCUT2D eigenvalue weighted by Crippen LogP contribution is -2.23.